The second kappa shape index (κ2) is 9.19. The molecule has 188 valence electrons. The maximum absolute atomic E-state index is 6.45. The molecule has 0 N–H and O–H groups in total. The van der Waals surface area contributed by atoms with Crippen LogP contribution in [0.5, 0.6) is 11.5 Å². The summed E-state index contributed by atoms with van der Waals surface area (Å²) < 4.78 is 6.45. The minimum Gasteiger partial charge on any atom is -0.456 e. The largest absolute Gasteiger partial charge is 0.456 e. The molecule has 0 spiro atoms. The summed E-state index contributed by atoms with van der Waals surface area (Å²) in [6.07, 6.45) is 14.1. The lowest BCUT2D eigenvalue weighted by Crippen LogP contribution is -2.41. The minimum atomic E-state index is 0.674. The molecule has 1 nitrogen and oxygen atoms in total. The molecule has 1 aliphatic heterocycles. The van der Waals surface area contributed by atoms with Crippen molar-refractivity contribution in [3.05, 3.63) is 78.9 Å². The van der Waals surface area contributed by atoms with Crippen molar-refractivity contribution in [3.8, 4) is 22.6 Å². The van der Waals surface area contributed by atoms with Crippen molar-refractivity contribution < 1.29 is 4.74 Å². The van der Waals surface area contributed by atoms with Crippen LogP contribution in [0, 0.1) is 0 Å². The lowest BCUT2D eigenvalue weighted by molar-refractivity contribution is 0.465. The zero-order valence-electron chi connectivity index (χ0n) is 22.2. The molecule has 5 aromatic carbocycles. The van der Waals surface area contributed by atoms with Crippen molar-refractivity contribution in [1.29, 1.82) is 0 Å². The van der Waals surface area contributed by atoms with E-state index < -0.39 is 0 Å². The number of benzene rings is 5. The number of hydrogen-bond donors (Lipinski definition) is 0. The average molecular weight is 494 g/mol. The third-order valence-electron chi connectivity index (χ3n) is 10.1. The van der Waals surface area contributed by atoms with E-state index in [0.717, 1.165) is 23.1 Å². The van der Waals surface area contributed by atoms with Crippen LogP contribution in [0.2, 0.25) is 11.6 Å². The number of fused-ring (bicyclic) bond motifs is 6. The molecule has 0 amide bonds. The molecule has 2 heteroatoms. The Bertz CT molecular complexity index is 1650. The predicted molar refractivity (Wildman–Crippen MR) is 164 cm³/mol. The van der Waals surface area contributed by atoms with Crippen LogP contribution < -0.4 is 10.2 Å². The fraction of sp³-hybridized carbons (Fsp3) is 0.333. The Morgan fingerprint density at radius 2 is 1.11 bits per heavy atom. The second-order valence-corrected chi connectivity index (χ2v) is 12.1. The lowest BCUT2D eigenvalue weighted by atomic mass is 9.27. The molecule has 8 rings (SSSR count). The van der Waals surface area contributed by atoms with Crippen LogP contribution in [0.25, 0.3) is 43.4 Å². The van der Waals surface area contributed by atoms with Crippen LogP contribution in [0.15, 0.2) is 78.9 Å². The number of para-hydroxylation sites is 1. The zero-order chi connectivity index (χ0) is 25.1. The van der Waals surface area contributed by atoms with Crippen LogP contribution in [0.3, 0.4) is 0 Å². The van der Waals surface area contributed by atoms with Crippen LogP contribution in [0.4, 0.5) is 0 Å². The SMILES string of the molecule is c1ccc2c(c1)Oc1cccc3c1c-2cc1c2ccccc2c(B(C2CCCCC2)C2CCCCC2)cc31. The first-order valence-corrected chi connectivity index (χ1v) is 15.1. The van der Waals surface area contributed by atoms with Gasteiger partial charge in [-0.2, -0.15) is 0 Å². The van der Waals surface area contributed by atoms with Gasteiger partial charge in [-0.15, -0.1) is 0 Å². The fourth-order valence-electron chi connectivity index (χ4n) is 8.40. The highest BCUT2D eigenvalue weighted by Crippen LogP contribution is 2.50. The van der Waals surface area contributed by atoms with E-state index in [9.17, 15) is 0 Å². The van der Waals surface area contributed by atoms with Crippen molar-refractivity contribution in [2.45, 2.75) is 75.8 Å². The number of hydrogen-bond acceptors (Lipinski definition) is 1. The van der Waals surface area contributed by atoms with E-state index in [1.54, 1.807) is 5.46 Å². The standard InChI is InChI=1S/C36H35BO/c1-3-12-24(13-4-1)37(25-14-5-2-6-15-25)33-23-31-29-19-11-21-35-36(29)32(28-18-9-10-20-34(28)38-35)22-30(31)26-16-7-8-17-27(26)33/h7-11,16-25H,1-6,12-15H2. The topological polar surface area (TPSA) is 9.23 Å². The van der Waals surface area contributed by atoms with E-state index in [2.05, 4.69) is 78.9 Å². The average Bonchev–Trinajstić information content (AvgIpc) is 2.99. The molecule has 2 aliphatic carbocycles. The van der Waals surface area contributed by atoms with E-state index in [4.69, 9.17) is 4.74 Å². The van der Waals surface area contributed by atoms with Gasteiger partial charge < -0.3 is 4.74 Å². The summed E-state index contributed by atoms with van der Waals surface area (Å²) >= 11 is 0. The van der Waals surface area contributed by atoms with Crippen molar-refractivity contribution in [3.63, 3.8) is 0 Å². The van der Waals surface area contributed by atoms with Gasteiger partial charge in [0.05, 0.1) is 0 Å². The smallest absolute Gasteiger partial charge is 0.183 e. The van der Waals surface area contributed by atoms with Crippen LogP contribution in [-0.2, 0) is 0 Å². The van der Waals surface area contributed by atoms with E-state index >= 15 is 0 Å². The van der Waals surface area contributed by atoms with Crippen molar-refractivity contribution >= 4 is 44.5 Å². The Morgan fingerprint density at radius 3 is 1.87 bits per heavy atom. The first-order valence-electron chi connectivity index (χ1n) is 15.1. The summed E-state index contributed by atoms with van der Waals surface area (Å²) in [6, 6.07) is 29.6. The summed E-state index contributed by atoms with van der Waals surface area (Å²) in [6.45, 7) is 0.674. The first kappa shape index (κ1) is 22.7. The van der Waals surface area contributed by atoms with Gasteiger partial charge in [-0.05, 0) is 50.7 Å². The van der Waals surface area contributed by atoms with Gasteiger partial charge in [-0.3, -0.25) is 0 Å². The number of rotatable bonds is 3. The number of ether oxygens (including phenoxy) is 1. The third-order valence-corrected chi connectivity index (χ3v) is 10.1. The van der Waals surface area contributed by atoms with Gasteiger partial charge in [0.15, 0.2) is 6.71 Å². The molecule has 0 bridgehead atoms. The van der Waals surface area contributed by atoms with Crippen molar-refractivity contribution in [2.24, 2.45) is 0 Å². The van der Waals surface area contributed by atoms with E-state index in [1.165, 1.54) is 108 Å². The van der Waals surface area contributed by atoms with Gasteiger partial charge in [0.25, 0.3) is 0 Å². The molecule has 0 saturated heterocycles. The lowest BCUT2D eigenvalue weighted by Gasteiger charge is -2.36. The minimum absolute atomic E-state index is 0.674. The van der Waals surface area contributed by atoms with Crippen molar-refractivity contribution in [1.82, 2.24) is 0 Å². The molecule has 1 heterocycles. The molecule has 0 atom stereocenters. The molecular formula is C36H35BO. The summed E-state index contributed by atoms with van der Waals surface area (Å²) in [5.74, 6) is 3.59. The van der Waals surface area contributed by atoms with Gasteiger partial charge in [0.1, 0.15) is 11.5 Å². The Hall–Kier alpha value is -3.26. The van der Waals surface area contributed by atoms with Crippen molar-refractivity contribution in [2.75, 3.05) is 0 Å². The Labute approximate surface area is 226 Å². The Morgan fingerprint density at radius 1 is 0.500 bits per heavy atom. The van der Waals surface area contributed by atoms with E-state index in [1.807, 2.05) is 0 Å². The maximum Gasteiger partial charge on any atom is 0.183 e. The highest BCUT2D eigenvalue weighted by atomic mass is 16.5. The zero-order valence-corrected chi connectivity index (χ0v) is 22.2. The third kappa shape index (κ3) is 3.53. The monoisotopic (exact) mass is 494 g/mol. The summed E-state index contributed by atoms with van der Waals surface area (Å²) in [5.41, 5.74) is 4.14. The maximum atomic E-state index is 6.45. The second-order valence-electron chi connectivity index (χ2n) is 12.1. The van der Waals surface area contributed by atoms with Gasteiger partial charge in [0, 0.05) is 10.9 Å². The molecular weight excluding hydrogens is 459 g/mol. The summed E-state index contributed by atoms with van der Waals surface area (Å²) in [7, 11) is 0. The van der Waals surface area contributed by atoms with Crippen LogP contribution >= 0.6 is 0 Å². The summed E-state index contributed by atoms with van der Waals surface area (Å²) in [4.78, 5) is 0. The van der Waals surface area contributed by atoms with E-state index in [0.29, 0.717) is 6.71 Å². The van der Waals surface area contributed by atoms with E-state index in [-0.39, 0.29) is 0 Å². The van der Waals surface area contributed by atoms with Gasteiger partial charge in [-0.25, -0.2) is 0 Å². The molecule has 3 aliphatic rings. The Kier molecular flexibility index (Phi) is 5.49. The molecule has 2 saturated carbocycles. The highest BCUT2D eigenvalue weighted by molar-refractivity contribution is 6.78. The first-order chi connectivity index (χ1) is 18.9. The normalized spacial score (nSPS) is 18.0. The quantitative estimate of drug-likeness (QED) is 0.176. The van der Waals surface area contributed by atoms with Crippen LogP contribution in [0.1, 0.15) is 64.2 Å². The predicted octanol–water partition coefficient (Wildman–Crippen LogP) is 10.3. The highest BCUT2D eigenvalue weighted by Gasteiger charge is 2.37. The Balaban J connectivity index is 1.44. The molecule has 2 fully saturated rings. The molecule has 38 heavy (non-hydrogen) atoms. The van der Waals surface area contributed by atoms with Gasteiger partial charge >= 0.3 is 0 Å². The molecule has 0 radical (unpaired) electrons. The summed E-state index contributed by atoms with van der Waals surface area (Å²) in [5, 5.41) is 8.30. The van der Waals surface area contributed by atoms with Crippen LogP contribution in [-0.4, -0.2) is 6.71 Å². The van der Waals surface area contributed by atoms with Gasteiger partial charge in [-0.1, -0.05) is 142 Å². The molecule has 0 unspecified atom stereocenters. The molecule has 5 aromatic rings. The van der Waals surface area contributed by atoms with Gasteiger partial charge in [0.2, 0.25) is 0 Å². The molecule has 0 aromatic heterocycles. The fourth-order valence-corrected chi connectivity index (χ4v) is 8.40.